The number of aromatic hydroxyl groups is 3. The molecule has 0 aromatic heterocycles. The Balaban J connectivity index is 0.00000196. The van der Waals surface area contributed by atoms with Gasteiger partial charge in [0.1, 0.15) is 0 Å². The summed E-state index contributed by atoms with van der Waals surface area (Å²) in [7, 11) is 0. The van der Waals surface area contributed by atoms with Crippen LogP contribution < -0.4 is 5.73 Å². The van der Waals surface area contributed by atoms with Crippen molar-refractivity contribution in [1.82, 2.24) is 0 Å². The third-order valence-corrected chi connectivity index (χ3v) is 1.86. The van der Waals surface area contributed by atoms with Gasteiger partial charge in [-0.25, -0.2) is 0 Å². The number of phenols is 3. The lowest BCUT2D eigenvalue weighted by Gasteiger charge is -2.09. The van der Waals surface area contributed by atoms with Gasteiger partial charge in [0.25, 0.3) is 0 Å². The molecule has 1 unspecified atom stereocenters. The van der Waals surface area contributed by atoms with Gasteiger partial charge in [-0.2, -0.15) is 0 Å². The SMILES string of the molecule is Cl.NC(CO)Cc1cc(O)c(O)c(O)c1. The number of rotatable bonds is 3. The van der Waals surface area contributed by atoms with Crippen molar-refractivity contribution in [3.05, 3.63) is 17.7 Å². The van der Waals surface area contributed by atoms with Crippen LogP contribution in [0.4, 0.5) is 0 Å². The van der Waals surface area contributed by atoms with Gasteiger partial charge >= 0.3 is 0 Å². The Morgan fingerprint density at radius 2 is 1.60 bits per heavy atom. The van der Waals surface area contributed by atoms with E-state index in [0.29, 0.717) is 12.0 Å². The van der Waals surface area contributed by atoms with Gasteiger partial charge in [-0.05, 0) is 24.1 Å². The quantitative estimate of drug-likeness (QED) is 0.477. The molecule has 0 amide bonds. The molecule has 0 fully saturated rings. The molecule has 5 nitrogen and oxygen atoms in total. The van der Waals surface area contributed by atoms with E-state index in [1.54, 1.807) is 0 Å². The molecule has 0 saturated carbocycles. The molecule has 86 valence electrons. The Bertz CT molecular complexity index is 309. The summed E-state index contributed by atoms with van der Waals surface area (Å²) in [4.78, 5) is 0. The summed E-state index contributed by atoms with van der Waals surface area (Å²) in [6.45, 7) is -0.178. The second kappa shape index (κ2) is 5.65. The molecule has 0 radical (unpaired) electrons. The highest BCUT2D eigenvalue weighted by Gasteiger charge is 2.10. The molecule has 6 heteroatoms. The fourth-order valence-corrected chi connectivity index (χ4v) is 1.15. The molecular formula is C9H14ClNO4. The summed E-state index contributed by atoms with van der Waals surface area (Å²) in [6.07, 6.45) is 0.317. The molecule has 0 aliphatic rings. The van der Waals surface area contributed by atoms with Gasteiger partial charge in [0.15, 0.2) is 17.2 Å². The van der Waals surface area contributed by atoms with E-state index in [0.717, 1.165) is 0 Å². The summed E-state index contributed by atoms with van der Waals surface area (Å²) in [5.74, 6) is -1.35. The van der Waals surface area contributed by atoms with Crippen LogP contribution in [-0.4, -0.2) is 33.1 Å². The van der Waals surface area contributed by atoms with Gasteiger partial charge in [-0.1, -0.05) is 0 Å². The number of halogens is 1. The van der Waals surface area contributed by atoms with Crippen molar-refractivity contribution < 1.29 is 20.4 Å². The van der Waals surface area contributed by atoms with Crippen LogP contribution in [0.25, 0.3) is 0 Å². The third kappa shape index (κ3) is 3.47. The van der Waals surface area contributed by atoms with Crippen molar-refractivity contribution in [2.45, 2.75) is 12.5 Å². The maximum atomic E-state index is 9.15. The molecule has 0 bridgehead atoms. The van der Waals surface area contributed by atoms with Crippen molar-refractivity contribution in [2.24, 2.45) is 5.73 Å². The molecule has 0 aliphatic carbocycles. The van der Waals surface area contributed by atoms with Crippen molar-refractivity contribution in [3.63, 3.8) is 0 Å². The Labute approximate surface area is 93.2 Å². The summed E-state index contributed by atoms with van der Waals surface area (Å²) < 4.78 is 0. The summed E-state index contributed by atoms with van der Waals surface area (Å²) in [6, 6.07) is 2.15. The number of benzene rings is 1. The van der Waals surface area contributed by atoms with Gasteiger partial charge < -0.3 is 26.2 Å². The minimum Gasteiger partial charge on any atom is -0.504 e. The first-order valence-corrected chi connectivity index (χ1v) is 4.15. The topological polar surface area (TPSA) is 107 Å². The lowest BCUT2D eigenvalue weighted by Crippen LogP contribution is -2.26. The van der Waals surface area contributed by atoms with E-state index >= 15 is 0 Å². The van der Waals surface area contributed by atoms with E-state index in [-0.39, 0.29) is 19.0 Å². The largest absolute Gasteiger partial charge is 0.504 e. The molecule has 1 rings (SSSR count). The molecule has 1 atom stereocenters. The molecule has 1 aromatic rings. The molecule has 15 heavy (non-hydrogen) atoms. The van der Waals surface area contributed by atoms with Crippen molar-refractivity contribution >= 4 is 12.4 Å². The van der Waals surface area contributed by atoms with Gasteiger partial charge in [0.05, 0.1) is 6.61 Å². The Morgan fingerprint density at radius 3 is 2.00 bits per heavy atom. The monoisotopic (exact) mass is 235 g/mol. The number of hydrogen-bond acceptors (Lipinski definition) is 5. The molecule has 0 spiro atoms. The molecule has 1 aromatic carbocycles. The molecular weight excluding hydrogens is 222 g/mol. The molecule has 0 saturated heterocycles. The van der Waals surface area contributed by atoms with Gasteiger partial charge in [0, 0.05) is 6.04 Å². The van der Waals surface area contributed by atoms with Crippen LogP contribution in [0.15, 0.2) is 12.1 Å². The summed E-state index contributed by atoms with van der Waals surface area (Å²) >= 11 is 0. The van der Waals surface area contributed by atoms with E-state index in [1.165, 1.54) is 12.1 Å². The standard InChI is InChI=1S/C9H13NO4.ClH/c10-6(4-11)1-5-2-7(12)9(14)8(13)3-5;/h2-3,6,11-14H,1,4,10H2;1H. The van der Waals surface area contributed by atoms with Crippen LogP contribution in [0.5, 0.6) is 17.2 Å². The fourth-order valence-electron chi connectivity index (χ4n) is 1.15. The maximum absolute atomic E-state index is 9.15. The van der Waals surface area contributed by atoms with Gasteiger partial charge in [-0.3, -0.25) is 0 Å². The normalized spacial score (nSPS) is 11.9. The highest BCUT2D eigenvalue weighted by atomic mass is 35.5. The van der Waals surface area contributed by atoms with Crippen molar-refractivity contribution in [1.29, 1.82) is 0 Å². The number of aliphatic hydroxyl groups excluding tert-OH is 1. The summed E-state index contributed by atoms with van der Waals surface area (Å²) in [5.41, 5.74) is 6.02. The van der Waals surface area contributed by atoms with Crippen LogP contribution in [0.2, 0.25) is 0 Å². The zero-order chi connectivity index (χ0) is 10.7. The number of hydrogen-bond donors (Lipinski definition) is 5. The number of aliphatic hydroxyl groups is 1. The highest BCUT2D eigenvalue weighted by Crippen LogP contribution is 2.35. The number of nitrogens with two attached hydrogens (primary N) is 1. The van der Waals surface area contributed by atoms with Crippen LogP contribution in [0, 0.1) is 0 Å². The van der Waals surface area contributed by atoms with Gasteiger partial charge in [-0.15, -0.1) is 12.4 Å². The Hall–Kier alpha value is -1.17. The lowest BCUT2D eigenvalue weighted by atomic mass is 10.1. The van der Waals surface area contributed by atoms with Crippen LogP contribution >= 0.6 is 12.4 Å². The predicted octanol–water partition coefficient (Wildman–Crippen LogP) is 0.0873. The van der Waals surface area contributed by atoms with Crippen molar-refractivity contribution in [2.75, 3.05) is 6.61 Å². The molecule has 6 N–H and O–H groups in total. The smallest absolute Gasteiger partial charge is 0.200 e. The van der Waals surface area contributed by atoms with Gasteiger partial charge in [0.2, 0.25) is 0 Å². The van der Waals surface area contributed by atoms with Crippen molar-refractivity contribution in [3.8, 4) is 17.2 Å². The first-order chi connectivity index (χ1) is 6.54. The van der Waals surface area contributed by atoms with E-state index in [1.807, 2.05) is 0 Å². The molecule has 0 heterocycles. The van der Waals surface area contributed by atoms with E-state index < -0.39 is 23.3 Å². The number of phenolic OH excluding ortho intramolecular Hbond substituents is 3. The zero-order valence-corrected chi connectivity index (χ0v) is 8.74. The average Bonchev–Trinajstić information content (AvgIpc) is 2.14. The van der Waals surface area contributed by atoms with E-state index in [9.17, 15) is 0 Å². The Kier molecular flexibility index (Phi) is 5.21. The second-order valence-corrected chi connectivity index (χ2v) is 3.13. The zero-order valence-electron chi connectivity index (χ0n) is 7.92. The average molecular weight is 236 g/mol. The third-order valence-electron chi connectivity index (χ3n) is 1.86. The van der Waals surface area contributed by atoms with Crippen LogP contribution in [0.3, 0.4) is 0 Å². The molecule has 0 aliphatic heterocycles. The second-order valence-electron chi connectivity index (χ2n) is 3.13. The van der Waals surface area contributed by atoms with E-state index in [4.69, 9.17) is 26.2 Å². The first-order valence-electron chi connectivity index (χ1n) is 4.15. The highest BCUT2D eigenvalue weighted by molar-refractivity contribution is 5.85. The fraction of sp³-hybridized carbons (Fsp3) is 0.333. The predicted molar refractivity (Wildman–Crippen MR) is 57.4 cm³/mol. The summed E-state index contributed by atoms with van der Waals surface area (Å²) in [5, 5.41) is 36.0. The minimum absolute atomic E-state index is 0. The maximum Gasteiger partial charge on any atom is 0.200 e. The van der Waals surface area contributed by atoms with Crippen LogP contribution in [-0.2, 0) is 6.42 Å². The van der Waals surface area contributed by atoms with E-state index in [2.05, 4.69) is 0 Å². The first kappa shape index (κ1) is 13.8. The lowest BCUT2D eigenvalue weighted by molar-refractivity contribution is 0.265. The minimum atomic E-state index is -0.550. The van der Waals surface area contributed by atoms with Crippen LogP contribution in [0.1, 0.15) is 5.56 Å². The Morgan fingerprint density at radius 1 is 1.13 bits per heavy atom.